The fourth-order valence-corrected chi connectivity index (χ4v) is 1.58. The summed E-state index contributed by atoms with van der Waals surface area (Å²) in [5.74, 6) is 0.443. The van der Waals surface area contributed by atoms with Crippen molar-refractivity contribution in [2.45, 2.75) is 0 Å². The molecule has 0 aliphatic rings. The van der Waals surface area contributed by atoms with Crippen molar-refractivity contribution in [2.75, 3.05) is 7.11 Å². The molecular weight excluding hydrogens is 242 g/mol. The summed E-state index contributed by atoms with van der Waals surface area (Å²) in [5.41, 5.74) is 0.825. The van der Waals surface area contributed by atoms with E-state index < -0.39 is 5.97 Å². The van der Waals surface area contributed by atoms with Gasteiger partial charge in [0.25, 0.3) is 0 Å². The Morgan fingerprint density at radius 2 is 1.95 bits per heavy atom. The lowest BCUT2D eigenvalue weighted by Gasteiger charge is -2.09. The summed E-state index contributed by atoms with van der Waals surface area (Å²) in [6.07, 6.45) is 0. The maximum Gasteiger partial charge on any atom is 0.341 e. The zero-order valence-electron chi connectivity index (χ0n) is 10.3. The number of methoxy groups -OCH3 is 1. The van der Waals surface area contributed by atoms with Crippen molar-refractivity contribution >= 4 is 11.7 Å². The summed E-state index contributed by atoms with van der Waals surface area (Å²) >= 11 is 0. The van der Waals surface area contributed by atoms with Crippen molar-refractivity contribution in [3.63, 3.8) is 0 Å². The Morgan fingerprint density at radius 3 is 2.68 bits per heavy atom. The van der Waals surface area contributed by atoms with Gasteiger partial charge in [0.1, 0.15) is 17.1 Å². The lowest BCUT2D eigenvalue weighted by molar-refractivity contribution is 0.0598. The highest BCUT2D eigenvalue weighted by atomic mass is 16.5. The van der Waals surface area contributed by atoms with E-state index in [1.54, 1.807) is 48.5 Å². The molecule has 0 aliphatic carbocycles. The molecule has 0 amide bonds. The predicted octanol–water partition coefficient (Wildman–Crippen LogP) is 3.82. The van der Waals surface area contributed by atoms with E-state index in [-0.39, 0.29) is 0 Å². The normalized spacial score (nSPS) is 9.47. The van der Waals surface area contributed by atoms with E-state index in [1.807, 2.05) is 0 Å². The zero-order chi connectivity index (χ0) is 13.7. The van der Waals surface area contributed by atoms with Crippen LogP contribution in [-0.2, 0) is 4.74 Å². The van der Waals surface area contributed by atoms with Crippen LogP contribution in [0.4, 0.5) is 5.69 Å². The Labute approximate surface area is 111 Å². The highest BCUT2D eigenvalue weighted by Gasteiger charge is 2.12. The molecule has 0 aliphatic heterocycles. The first-order valence-electron chi connectivity index (χ1n) is 5.57. The quantitative estimate of drug-likeness (QED) is 0.616. The van der Waals surface area contributed by atoms with Crippen molar-refractivity contribution < 1.29 is 14.3 Å². The number of ether oxygens (including phenoxy) is 2. The van der Waals surface area contributed by atoms with Gasteiger partial charge in [0.2, 0.25) is 0 Å². The topological polar surface area (TPSA) is 39.9 Å². The van der Waals surface area contributed by atoms with Gasteiger partial charge in [-0.3, -0.25) is 0 Å². The van der Waals surface area contributed by atoms with Gasteiger partial charge in [-0.15, -0.1) is 0 Å². The largest absolute Gasteiger partial charge is 0.465 e. The summed E-state index contributed by atoms with van der Waals surface area (Å²) in [6.45, 7) is 6.96. The first-order chi connectivity index (χ1) is 9.24. The van der Waals surface area contributed by atoms with E-state index in [0.717, 1.165) is 0 Å². The Balaban J connectivity index is 2.33. The second-order valence-corrected chi connectivity index (χ2v) is 3.70. The maximum absolute atomic E-state index is 11.6. The third-order valence-corrected chi connectivity index (χ3v) is 2.47. The molecule has 2 rings (SSSR count). The third-order valence-electron chi connectivity index (χ3n) is 2.47. The Morgan fingerprint density at radius 1 is 1.16 bits per heavy atom. The number of para-hydroxylation sites is 1. The molecule has 0 unspecified atom stereocenters. The van der Waals surface area contributed by atoms with E-state index in [2.05, 4.69) is 4.85 Å². The van der Waals surface area contributed by atoms with Crippen LogP contribution in [0.2, 0.25) is 0 Å². The molecule has 0 atom stereocenters. The lowest BCUT2D eigenvalue weighted by atomic mass is 10.2. The van der Waals surface area contributed by atoms with Crippen molar-refractivity contribution in [1.82, 2.24) is 0 Å². The van der Waals surface area contributed by atoms with Crippen molar-refractivity contribution in [3.8, 4) is 11.5 Å². The highest BCUT2D eigenvalue weighted by Crippen LogP contribution is 2.28. The monoisotopic (exact) mass is 253 g/mol. The number of rotatable bonds is 3. The molecule has 94 valence electrons. The fourth-order valence-electron chi connectivity index (χ4n) is 1.58. The average molecular weight is 253 g/mol. The van der Waals surface area contributed by atoms with E-state index in [0.29, 0.717) is 22.7 Å². The minimum absolute atomic E-state index is 0.346. The van der Waals surface area contributed by atoms with Gasteiger partial charge in [0, 0.05) is 0 Å². The molecule has 0 aromatic heterocycles. The SMILES string of the molecule is [C-]#[N+]c1cccc(Oc2ccccc2C(=O)OC)c1. The Hall–Kier alpha value is -2.80. The highest BCUT2D eigenvalue weighted by molar-refractivity contribution is 5.92. The van der Waals surface area contributed by atoms with Crippen LogP contribution in [-0.4, -0.2) is 13.1 Å². The van der Waals surface area contributed by atoms with Gasteiger partial charge in [-0.2, -0.15) is 0 Å². The minimum atomic E-state index is -0.461. The van der Waals surface area contributed by atoms with Crippen LogP contribution in [0.3, 0.4) is 0 Å². The van der Waals surface area contributed by atoms with Gasteiger partial charge >= 0.3 is 5.97 Å². The van der Waals surface area contributed by atoms with Crippen molar-refractivity contribution in [2.24, 2.45) is 0 Å². The molecule has 19 heavy (non-hydrogen) atoms. The summed E-state index contributed by atoms with van der Waals surface area (Å²) < 4.78 is 10.3. The fraction of sp³-hybridized carbons (Fsp3) is 0.0667. The first kappa shape index (κ1) is 12.7. The van der Waals surface area contributed by atoms with Crippen LogP contribution in [0, 0.1) is 6.57 Å². The van der Waals surface area contributed by atoms with Gasteiger partial charge in [-0.25, -0.2) is 9.64 Å². The molecule has 0 spiro atoms. The molecule has 0 N–H and O–H groups in total. The van der Waals surface area contributed by atoms with E-state index in [4.69, 9.17) is 16.0 Å². The van der Waals surface area contributed by atoms with Gasteiger partial charge in [0.05, 0.1) is 13.7 Å². The number of nitrogens with zero attached hydrogens (tertiary/aromatic N) is 1. The lowest BCUT2D eigenvalue weighted by Crippen LogP contribution is -2.03. The molecular formula is C15H11NO3. The van der Waals surface area contributed by atoms with Crippen LogP contribution < -0.4 is 4.74 Å². The van der Waals surface area contributed by atoms with Crippen LogP contribution >= 0.6 is 0 Å². The zero-order valence-corrected chi connectivity index (χ0v) is 10.3. The van der Waals surface area contributed by atoms with Gasteiger partial charge in [-0.1, -0.05) is 24.3 Å². The third kappa shape index (κ3) is 2.90. The summed E-state index contributed by atoms with van der Waals surface area (Å²) in [7, 11) is 1.32. The van der Waals surface area contributed by atoms with E-state index >= 15 is 0 Å². The summed E-state index contributed by atoms with van der Waals surface area (Å²) in [6, 6.07) is 13.5. The minimum Gasteiger partial charge on any atom is -0.465 e. The second kappa shape index (κ2) is 5.69. The first-order valence-corrected chi connectivity index (χ1v) is 5.57. The van der Waals surface area contributed by atoms with Crippen LogP contribution in [0.25, 0.3) is 4.85 Å². The maximum atomic E-state index is 11.6. The molecule has 0 saturated carbocycles. The van der Waals surface area contributed by atoms with Gasteiger partial charge < -0.3 is 9.47 Å². The molecule has 2 aromatic carbocycles. The molecule has 4 nitrogen and oxygen atoms in total. The molecule has 0 fully saturated rings. The molecule has 2 aromatic rings. The van der Waals surface area contributed by atoms with Crippen molar-refractivity contribution in [3.05, 3.63) is 65.5 Å². The number of esters is 1. The molecule has 0 heterocycles. The molecule has 0 radical (unpaired) electrons. The smallest absolute Gasteiger partial charge is 0.341 e. The number of hydrogen-bond acceptors (Lipinski definition) is 3. The second-order valence-electron chi connectivity index (χ2n) is 3.70. The van der Waals surface area contributed by atoms with Crippen molar-refractivity contribution in [1.29, 1.82) is 0 Å². The van der Waals surface area contributed by atoms with E-state index in [9.17, 15) is 4.79 Å². The number of carbonyl (C=O) groups is 1. The molecule has 4 heteroatoms. The average Bonchev–Trinajstić information content (AvgIpc) is 2.47. The van der Waals surface area contributed by atoms with Gasteiger partial charge in [-0.05, 0) is 24.3 Å². The van der Waals surface area contributed by atoms with Crippen LogP contribution in [0.15, 0.2) is 48.5 Å². The van der Waals surface area contributed by atoms with Crippen LogP contribution in [0.1, 0.15) is 10.4 Å². The number of carbonyl (C=O) groups excluding carboxylic acids is 1. The summed E-state index contributed by atoms with van der Waals surface area (Å²) in [4.78, 5) is 14.9. The number of hydrogen-bond donors (Lipinski definition) is 0. The van der Waals surface area contributed by atoms with Crippen LogP contribution in [0.5, 0.6) is 11.5 Å². The van der Waals surface area contributed by atoms with E-state index in [1.165, 1.54) is 7.11 Å². The molecule has 0 saturated heterocycles. The Bertz CT molecular complexity index is 644. The number of benzene rings is 2. The Kier molecular flexibility index (Phi) is 3.79. The standard InChI is InChI=1S/C15H11NO3/c1-16-11-6-5-7-12(10-11)19-14-9-4-3-8-13(14)15(17)18-2/h3-10H,2H3. The van der Waals surface area contributed by atoms with Gasteiger partial charge in [0.15, 0.2) is 5.69 Å². The summed E-state index contributed by atoms with van der Waals surface area (Å²) in [5, 5.41) is 0. The predicted molar refractivity (Wildman–Crippen MR) is 70.6 cm³/mol. The molecule has 0 bridgehead atoms.